The Morgan fingerprint density at radius 2 is 2.00 bits per heavy atom. The fraction of sp³-hybridized carbons (Fsp3) is 0.0588. The third-order valence-corrected chi connectivity index (χ3v) is 3.14. The van der Waals surface area contributed by atoms with Crippen molar-refractivity contribution in [2.45, 2.75) is 6.54 Å². The van der Waals surface area contributed by atoms with Gasteiger partial charge in [0.1, 0.15) is 17.5 Å². The van der Waals surface area contributed by atoms with Crippen molar-refractivity contribution in [3.05, 3.63) is 81.8 Å². The summed E-state index contributed by atoms with van der Waals surface area (Å²) in [5.41, 5.74) is 0.687. The number of carbonyl (C=O) groups excluding carboxylic acids is 1. The Kier molecular flexibility index (Phi) is 5.79. The molecule has 0 unspecified atom stereocenters. The minimum atomic E-state index is -0.664. The van der Waals surface area contributed by atoms with E-state index < -0.39 is 10.8 Å². The third kappa shape index (κ3) is 5.14. The number of nitro groups is 1. The van der Waals surface area contributed by atoms with Crippen molar-refractivity contribution in [2.75, 3.05) is 5.32 Å². The highest BCUT2D eigenvalue weighted by atomic mass is 19.1. The van der Waals surface area contributed by atoms with E-state index >= 15 is 0 Å². The first kappa shape index (κ1) is 17.6. The Hall–Kier alpha value is -3.73. The Morgan fingerprint density at radius 3 is 2.60 bits per heavy atom. The van der Waals surface area contributed by atoms with Gasteiger partial charge in [-0.1, -0.05) is 12.1 Å². The molecule has 0 aliphatic rings. The third-order valence-electron chi connectivity index (χ3n) is 3.14. The summed E-state index contributed by atoms with van der Waals surface area (Å²) in [7, 11) is 0. The lowest BCUT2D eigenvalue weighted by atomic mass is 10.2. The first-order valence-electron chi connectivity index (χ1n) is 7.13. The predicted molar refractivity (Wildman–Crippen MR) is 88.7 cm³/mol. The molecule has 0 fully saturated rings. The average Bonchev–Trinajstić information content (AvgIpc) is 2.59. The van der Waals surface area contributed by atoms with Crippen LogP contribution >= 0.6 is 0 Å². The van der Waals surface area contributed by atoms with E-state index in [9.17, 15) is 19.3 Å². The summed E-state index contributed by atoms with van der Waals surface area (Å²) in [5, 5.41) is 24.9. The van der Waals surface area contributed by atoms with Crippen molar-refractivity contribution in [1.29, 1.82) is 5.26 Å². The lowest BCUT2D eigenvalue weighted by molar-refractivity contribution is -0.384. The largest absolute Gasteiger partial charge is 0.386 e. The number of hydrogen-bond donors (Lipinski definition) is 2. The van der Waals surface area contributed by atoms with E-state index in [2.05, 4.69) is 10.6 Å². The van der Waals surface area contributed by atoms with Gasteiger partial charge in [-0.15, -0.1) is 0 Å². The molecule has 7 nitrogen and oxygen atoms in total. The summed E-state index contributed by atoms with van der Waals surface area (Å²) in [6.45, 7) is 0.244. The summed E-state index contributed by atoms with van der Waals surface area (Å²) in [5.74, 6) is -1.04. The van der Waals surface area contributed by atoms with Gasteiger partial charge in [-0.3, -0.25) is 14.9 Å². The molecule has 2 rings (SSSR count). The first-order valence-corrected chi connectivity index (χ1v) is 7.13. The monoisotopic (exact) mass is 340 g/mol. The molecule has 126 valence electrons. The number of nitrogens with zero attached hydrogens (tertiary/aromatic N) is 2. The van der Waals surface area contributed by atoms with Gasteiger partial charge in [0.2, 0.25) is 0 Å². The number of carbonyl (C=O) groups is 1. The number of nitrogens with one attached hydrogen (secondary N) is 2. The van der Waals surface area contributed by atoms with Crippen molar-refractivity contribution in [2.24, 2.45) is 0 Å². The van der Waals surface area contributed by atoms with Gasteiger partial charge in [0, 0.05) is 30.6 Å². The average molecular weight is 340 g/mol. The molecule has 0 atom stereocenters. The van der Waals surface area contributed by atoms with E-state index in [1.54, 1.807) is 18.2 Å². The quantitative estimate of drug-likeness (QED) is 0.364. The lowest BCUT2D eigenvalue weighted by Crippen LogP contribution is -2.16. The molecule has 0 aromatic heterocycles. The minimum absolute atomic E-state index is 0.106. The van der Waals surface area contributed by atoms with E-state index in [1.807, 2.05) is 0 Å². The topological polar surface area (TPSA) is 108 Å². The maximum atomic E-state index is 13.1. The summed E-state index contributed by atoms with van der Waals surface area (Å²) in [4.78, 5) is 22.0. The molecule has 0 radical (unpaired) electrons. The van der Waals surface area contributed by atoms with Crippen molar-refractivity contribution in [3.63, 3.8) is 0 Å². The molecular weight excluding hydrogens is 327 g/mol. The number of amides is 1. The number of nitriles is 1. The molecule has 8 heteroatoms. The van der Waals surface area contributed by atoms with Crippen LogP contribution in [-0.2, 0) is 11.3 Å². The highest BCUT2D eigenvalue weighted by molar-refractivity contribution is 6.06. The van der Waals surface area contributed by atoms with Crippen LogP contribution < -0.4 is 10.6 Å². The van der Waals surface area contributed by atoms with E-state index in [0.717, 1.165) is 0 Å². The van der Waals surface area contributed by atoms with Crippen LogP contribution in [0.25, 0.3) is 0 Å². The molecule has 2 aromatic carbocycles. The van der Waals surface area contributed by atoms with E-state index in [-0.39, 0.29) is 23.6 Å². The van der Waals surface area contributed by atoms with Crippen LogP contribution in [0.1, 0.15) is 5.56 Å². The van der Waals surface area contributed by atoms with Crippen LogP contribution in [-0.4, -0.2) is 10.8 Å². The van der Waals surface area contributed by atoms with Gasteiger partial charge < -0.3 is 10.6 Å². The van der Waals surface area contributed by atoms with Crippen LogP contribution in [0.5, 0.6) is 0 Å². The standard InChI is InChI=1S/C17H13FN4O3/c18-14-3-1-2-12(8-14)10-20-11-13(9-19)17(23)21-15-4-6-16(7-5-15)22(24)25/h1-8,11,20H,10H2,(H,21,23)/b13-11-. The highest BCUT2D eigenvalue weighted by Crippen LogP contribution is 2.15. The Balaban J connectivity index is 1.97. The zero-order valence-corrected chi connectivity index (χ0v) is 12.9. The maximum absolute atomic E-state index is 13.1. The van der Waals surface area contributed by atoms with Gasteiger partial charge >= 0.3 is 0 Å². The number of halogens is 1. The van der Waals surface area contributed by atoms with Crippen LogP contribution in [0.3, 0.4) is 0 Å². The van der Waals surface area contributed by atoms with Gasteiger partial charge in [0.25, 0.3) is 11.6 Å². The van der Waals surface area contributed by atoms with Gasteiger partial charge in [-0.05, 0) is 29.8 Å². The molecule has 0 spiro atoms. The lowest BCUT2D eigenvalue weighted by Gasteiger charge is -2.05. The number of non-ortho nitro benzene ring substituents is 1. The Bertz CT molecular complexity index is 857. The van der Waals surface area contributed by atoms with Crippen molar-refractivity contribution in [3.8, 4) is 6.07 Å². The second-order valence-corrected chi connectivity index (χ2v) is 4.94. The number of benzene rings is 2. The number of anilines is 1. The summed E-state index contributed by atoms with van der Waals surface area (Å²) in [6.07, 6.45) is 1.23. The van der Waals surface area contributed by atoms with Crippen LogP contribution in [0.4, 0.5) is 15.8 Å². The van der Waals surface area contributed by atoms with Crippen LogP contribution in [0.2, 0.25) is 0 Å². The molecule has 2 aromatic rings. The molecule has 1 amide bonds. The number of rotatable bonds is 6. The molecule has 0 saturated heterocycles. The van der Waals surface area contributed by atoms with E-state index in [4.69, 9.17) is 5.26 Å². The summed E-state index contributed by atoms with van der Waals surface area (Å²) < 4.78 is 13.1. The van der Waals surface area contributed by atoms with Gasteiger partial charge in [0.05, 0.1) is 4.92 Å². The van der Waals surface area contributed by atoms with Gasteiger partial charge in [-0.2, -0.15) is 5.26 Å². The molecule has 25 heavy (non-hydrogen) atoms. The molecule has 0 aliphatic carbocycles. The fourth-order valence-electron chi connectivity index (χ4n) is 1.93. The first-order chi connectivity index (χ1) is 12.0. The van der Waals surface area contributed by atoms with Gasteiger partial charge in [0.15, 0.2) is 0 Å². The maximum Gasteiger partial charge on any atom is 0.269 e. The Labute approximate surface area is 142 Å². The van der Waals surface area contributed by atoms with Crippen molar-refractivity contribution >= 4 is 17.3 Å². The smallest absolute Gasteiger partial charge is 0.269 e. The fourth-order valence-corrected chi connectivity index (χ4v) is 1.93. The molecule has 0 heterocycles. The summed E-state index contributed by atoms with van der Waals surface area (Å²) >= 11 is 0. The SMILES string of the molecule is N#C/C(=C/NCc1cccc(F)c1)C(=O)Nc1ccc([N+](=O)[O-])cc1. The number of hydrogen-bond acceptors (Lipinski definition) is 5. The molecule has 0 saturated carbocycles. The Morgan fingerprint density at radius 1 is 1.28 bits per heavy atom. The predicted octanol–water partition coefficient (Wildman–Crippen LogP) is 2.87. The summed E-state index contributed by atoms with van der Waals surface area (Å²) in [6, 6.07) is 12.9. The van der Waals surface area contributed by atoms with E-state index in [0.29, 0.717) is 11.3 Å². The zero-order chi connectivity index (χ0) is 18.2. The van der Waals surface area contributed by atoms with Gasteiger partial charge in [-0.25, -0.2) is 4.39 Å². The number of nitro benzene ring substituents is 1. The second-order valence-electron chi connectivity index (χ2n) is 4.94. The molecule has 0 aliphatic heterocycles. The van der Waals surface area contributed by atoms with Crippen molar-refractivity contribution < 1.29 is 14.1 Å². The van der Waals surface area contributed by atoms with Crippen LogP contribution in [0.15, 0.2) is 60.3 Å². The van der Waals surface area contributed by atoms with Crippen molar-refractivity contribution in [1.82, 2.24) is 5.32 Å². The second kappa shape index (κ2) is 8.21. The minimum Gasteiger partial charge on any atom is -0.386 e. The molecular formula is C17H13FN4O3. The highest BCUT2D eigenvalue weighted by Gasteiger charge is 2.10. The van der Waals surface area contributed by atoms with E-state index in [1.165, 1.54) is 42.6 Å². The zero-order valence-electron chi connectivity index (χ0n) is 12.9. The molecule has 0 bridgehead atoms. The van der Waals surface area contributed by atoms with Crippen LogP contribution in [0, 0.1) is 27.3 Å². The molecule has 2 N–H and O–H groups in total. The normalized spacial score (nSPS) is 10.6.